The molecule has 1 aromatic heterocycles. The van der Waals surface area contributed by atoms with Crippen molar-refractivity contribution >= 4 is 5.57 Å². The van der Waals surface area contributed by atoms with Crippen molar-refractivity contribution in [1.82, 2.24) is 10.2 Å². The van der Waals surface area contributed by atoms with E-state index in [0.717, 1.165) is 16.7 Å². The fourth-order valence-corrected chi connectivity index (χ4v) is 3.34. The van der Waals surface area contributed by atoms with Gasteiger partial charge >= 0.3 is 0 Å². The third-order valence-electron chi connectivity index (χ3n) is 4.97. The van der Waals surface area contributed by atoms with E-state index in [1.807, 2.05) is 24.3 Å². The maximum atomic E-state index is 9.36. The number of aromatic nitrogens is 2. The summed E-state index contributed by atoms with van der Waals surface area (Å²) >= 11 is 0. The van der Waals surface area contributed by atoms with Crippen molar-refractivity contribution in [1.29, 1.82) is 0 Å². The van der Waals surface area contributed by atoms with Gasteiger partial charge in [-0.15, -0.1) is 10.2 Å². The molecule has 1 unspecified atom stereocenters. The van der Waals surface area contributed by atoms with Crippen LogP contribution in [-0.4, -0.2) is 26.7 Å². The van der Waals surface area contributed by atoms with Crippen LogP contribution in [0.2, 0.25) is 0 Å². The summed E-state index contributed by atoms with van der Waals surface area (Å²) in [5, 5.41) is 27.1. The molecule has 0 spiro atoms. The molecule has 1 aliphatic carbocycles. The minimum atomic E-state index is -1.35. The highest BCUT2D eigenvalue weighted by atomic mass is 16.5. The first-order valence-electron chi connectivity index (χ1n) is 9.35. The van der Waals surface area contributed by atoms with Crippen LogP contribution >= 0.6 is 0 Å². The number of aliphatic hydroxyl groups excluding tert-OH is 1. The highest BCUT2D eigenvalue weighted by molar-refractivity contribution is 5.68. The molecule has 0 bridgehead atoms. The molecule has 142 valence electrons. The largest absolute Gasteiger partial charge is 0.416 e. The second-order valence-corrected chi connectivity index (χ2v) is 7.05. The lowest BCUT2D eigenvalue weighted by atomic mass is 10.0. The van der Waals surface area contributed by atoms with Gasteiger partial charge in [0.2, 0.25) is 11.8 Å². The Hall–Kier alpha value is -3.02. The molecule has 3 aromatic rings. The van der Waals surface area contributed by atoms with E-state index in [0.29, 0.717) is 24.6 Å². The molecule has 0 radical (unpaired) electrons. The molecule has 0 aliphatic heterocycles. The molecule has 1 aliphatic rings. The summed E-state index contributed by atoms with van der Waals surface area (Å²) in [7, 11) is 0. The van der Waals surface area contributed by atoms with Crippen LogP contribution in [0, 0.1) is 12.8 Å². The molecule has 1 atom stereocenters. The quantitative estimate of drug-likeness (QED) is 0.663. The molecule has 2 aromatic carbocycles. The van der Waals surface area contributed by atoms with Gasteiger partial charge in [0.05, 0.1) is 0 Å². The molecule has 1 heterocycles. The number of nitrogens with zero attached hydrogens (tertiary/aromatic N) is 2. The monoisotopic (exact) mass is 374 g/mol. The van der Waals surface area contributed by atoms with Gasteiger partial charge in [-0.1, -0.05) is 60.2 Å². The Labute approximate surface area is 163 Å². The molecule has 2 N–H and O–H groups in total. The standard InChI is InChI=1S/C23H22N2O3/c1-15-4-2-7-20(14-15)16-8-10-18(11-9-16)22-25-24-21(28-22)17-5-3-6-19(13-12-17)23(26)27/h2-11,14,19,23,26-27H,12-13H2,1H3. The van der Waals surface area contributed by atoms with Crippen LogP contribution in [0.4, 0.5) is 0 Å². The highest BCUT2D eigenvalue weighted by Gasteiger charge is 2.19. The third kappa shape index (κ3) is 3.96. The van der Waals surface area contributed by atoms with Crippen molar-refractivity contribution in [3.8, 4) is 22.6 Å². The van der Waals surface area contributed by atoms with Gasteiger partial charge in [-0.25, -0.2) is 0 Å². The van der Waals surface area contributed by atoms with Crippen LogP contribution in [-0.2, 0) is 0 Å². The summed E-state index contributed by atoms with van der Waals surface area (Å²) in [6.07, 6.45) is 5.40. The molecular formula is C23H22N2O3. The van der Waals surface area contributed by atoms with E-state index in [2.05, 4.69) is 53.5 Å². The van der Waals surface area contributed by atoms with Crippen molar-refractivity contribution in [2.45, 2.75) is 26.1 Å². The van der Waals surface area contributed by atoms with Crippen LogP contribution in [0.15, 0.2) is 71.2 Å². The summed E-state index contributed by atoms with van der Waals surface area (Å²) in [6.45, 7) is 2.08. The number of allylic oxidation sites excluding steroid dienone is 3. The fourth-order valence-electron chi connectivity index (χ4n) is 3.34. The van der Waals surface area contributed by atoms with Crippen LogP contribution in [0.1, 0.15) is 24.3 Å². The lowest BCUT2D eigenvalue weighted by molar-refractivity contribution is -0.0713. The third-order valence-corrected chi connectivity index (χ3v) is 4.97. The first-order chi connectivity index (χ1) is 13.6. The first-order valence-corrected chi connectivity index (χ1v) is 9.35. The fraction of sp³-hybridized carbons (Fsp3) is 0.217. The zero-order valence-corrected chi connectivity index (χ0v) is 15.6. The van der Waals surface area contributed by atoms with Gasteiger partial charge < -0.3 is 14.6 Å². The van der Waals surface area contributed by atoms with Gasteiger partial charge in [0.1, 0.15) is 0 Å². The smallest absolute Gasteiger partial charge is 0.248 e. The van der Waals surface area contributed by atoms with E-state index in [-0.39, 0.29) is 5.92 Å². The Balaban J connectivity index is 1.52. The minimum absolute atomic E-state index is 0.287. The predicted molar refractivity (Wildman–Crippen MR) is 108 cm³/mol. The normalized spacial score (nSPS) is 16.9. The van der Waals surface area contributed by atoms with E-state index in [4.69, 9.17) is 4.42 Å². The van der Waals surface area contributed by atoms with Crippen LogP contribution in [0.3, 0.4) is 0 Å². The molecule has 4 rings (SSSR count). The second-order valence-electron chi connectivity index (χ2n) is 7.05. The first kappa shape index (κ1) is 18.3. The Morgan fingerprint density at radius 2 is 1.71 bits per heavy atom. The lowest BCUT2D eigenvalue weighted by Crippen LogP contribution is -2.17. The summed E-state index contributed by atoms with van der Waals surface area (Å²) in [6, 6.07) is 16.4. The summed E-state index contributed by atoms with van der Waals surface area (Å²) in [5.41, 5.74) is 5.30. The number of hydrogen-bond donors (Lipinski definition) is 2. The van der Waals surface area contributed by atoms with Crippen molar-refractivity contribution in [2.24, 2.45) is 5.92 Å². The number of rotatable bonds is 4. The topological polar surface area (TPSA) is 79.4 Å². The summed E-state index contributed by atoms with van der Waals surface area (Å²) in [4.78, 5) is 0. The number of benzene rings is 2. The van der Waals surface area contributed by atoms with Gasteiger partial charge in [-0.05, 0) is 43.0 Å². The van der Waals surface area contributed by atoms with Crippen LogP contribution in [0.5, 0.6) is 0 Å². The SMILES string of the molecule is Cc1cccc(-c2ccc(-c3nnc(C4=CC=CC(C(O)O)CC4)o3)cc2)c1. The minimum Gasteiger partial charge on any atom is -0.416 e. The summed E-state index contributed by atoms with van der Waals surface area (Å²) in [5.74, 6) is 0.652. The van der Waals surface area contributed by atoms with E-state index >= 15 is 0 Å². The van der Waals surface area contributed by atoms with Gasteiger partial charge in [0.25, 0.3) is 0 Å². The van der Waals surface area contributed by atoms with Gasteiger partial charge in [0.15, 0.2) is 6.29 Å². The van der Waals surface area contributed by atoms with Crippen molar-refractivity contribution in [2.75, 3.05) is 0 Å². The average Bonchev–Trinajstić information content (AvgIpc) is 3.05. The molecule has 0 saturated heterocycles. The predicted octanol–water partition coefficient (Wildman–Crippen LogP) is 4.37. The Kier molecular flexibility index (Phi) is 5.19. The molecule has 0 amide bonds. The molecule has 5 nitrogen and oxygen atoms in total. The molecule has 0 saturated carbocycles. The van der Waals surface area contributed by atoms with Gasteiger partial charge in [0, 0.05) is 17.1 Å². The zero-order chi connectivity index (χ0) is 19.5. The number of aliphatic hydroxyl groups is 2. The highest BCUT2D eigenvalue weighted by Crippen LogP contribution is 2.29. The Morgan fingerprint density at radius 1 is 0.964 bits per heavy atom. The second kappa shape index (κ2) is 7.92. The number of aryl methyl sites for hydroxylation is 1. The van der Waals surface area contributed by atoms with Gasteiger partial charge in [-0.3, -0.25) is 0 Å². The van der Waals surface area contributed by atoms with E-state index in [1.54, 1.807) is 6.08 Å². The molecule has 5 heteroatoms. The van der Waals surface area contributed by atoms with Crippen LogP contribution < -0.4 is 0 Å². The van der Waals surface area contributed by atoms with Crippen molar-refractivity contribution in [3.05, 3.63) is 78.2 Å². The van der Waals surface area contributed by atoms with E-state index in [9.17, 15) is 10.2 Å². The van der Waals surface area contributed by atoms with Crippen molar-refractivity contribution < 1.29 is 14.6 Å². The maximum absolute atomic E-state index is 9.36. The molecule has 0 fully saturated rings. The summed E-state index contributed by atoms with van der Waals surface area (Å²) < 4.78 is 5.88. The van der Waals surface area contributed by atoms with E-state index < -0.39 is 6.29 Å². The maximum Gasteiger partial charge on any atom is 0.248 e. The average molecular weight is 374 g/mol. The van der Waals surface area contributed by atoms with E-state index in [1.165, 1.54) is 11.1 Å². The molecular weight excluding hydrogens is 352 g/mol. The molecule has 28 heavy (non-hydrogen) atoms. The Morgan fingerprint density at radius 3 is 2.46 bits per heavy atom. The van der Waals surface area contributed by atoms with Gasteiger partial charge in [-0.2, -0.15) is 0 Å². The zero-order valence-electron chi connectivity index (χ0n) is 15.6. The van der Waals surface area contributed by atoms with Crippen LogP contribution in [0.25, 0.3) is 28.2 Å². The van der Waals surface area contributed by atoms with Crippen molar-refractivity contribution in [3.63, 3.8) is 0 Å². The lowest BCUT2D eigenvalue weighted by Gasteiger charge is -2.12. The number of hydrogen-bond acceptors (Lipinski definition) is 5. The Bertz CT molecular complexity index is 1020.